The number of rotatable bonds is 4. The zero-order valence-corrected chi connectivity index (χ0v) is 19.9. The number of para-hydroxylation sites is 1. The highest BCUT2D eigenvalue weighted by atomic mass is 79.9. The van der Waals surface area contributed by atoms with Crippen LogP contribution in [0.3, 0.4) is 0 Å². The molecule has 166 valence electrons. The summed E-state index contributed by atoms with van der Waals surface area (Å²) in [7, 11) is 0. The number of hydrogen-bond donors (Lipinski definition) is 3. The molecule has 3 amide bonds. The first-order valence-electron chi connectivity index (χ1n) is 9.56. The first kappa shape index (κ1) is 22.7. The Morgan fingerprint density at radius 3 is 2.30 bits per heavy atom. The fraction of sp³-hybridized carbons (Fsp3) is 0. The summed E-state index contributed by atoms with van der Waals surface area (Å²) in [6.07, 6.45) is 0. The predicted octanol–water partition coefficient (Wildman–Crippen LogP) is 5.27. The molecule has 0 aliphatic carbocycles. The van der Waals surface area contributed by atoms with Crippen molar-refractivity contribution in [1.82, 2.24) is 4.68 Å². The van der Waals surface area contributed by atoms with Crippen LogP contribution in [0.4, 0.5) is 15.8 Å². The van der Waals surface area contributed by atoms with Crippen molar-refractivity contribution in [2.24, 2.45) is 0 Å². The first-order chi connectivity index (χ1) is 15.8. The van der Waals surface area contributed by atoms with Crippen LogP contribution >= 0.6 is 31.9 Å². The van der Waals surface area contributed by atoms with E-state index >= 15 is 0 Å². The maximum atomic E-state index is 14.0. The van der Waals surface area contributed by atoms with Gasteiger partial charge in [0.2, 0.25) is 0 Å². The van der Waals surface area contributed by atoms with Crippen LogP contribution in [0.15, 0.2) is 81.7 Å². The van der Waals surface area contributed by atoms with Crippen molar-refractivity contribution >= 4 is 71.9 Å². The third kappa shape index (κ3) is 5.12. The molecule has 0 atom stereocenters. The molecule has 3 aromatic carbocycles. The summed E-state index contributed by atoms with van der Waals surface area (Å²) in [4.78, 5) is 38.0. The van der Waals surface area contributed by atoms with E-state index in [0.29, 0.717) is 16.6 Å². The Morgan fingerprint density at radius 2 is 1.55 bits per heavy atom. The van der Waals surface area contributed by atoms with Gasteiger partial charge in [0.05, 0.1) is 11.2 Å². The Bertz CT molecular complexity index is 1400. The number of amides is 3. The van der Waals surface area contributed by atoms with E-state index in [2.05, 4.69) is 47.9 Å². The summed E-state index contributed by atoms with van der Waals surface area (Å²) in [5.41, 5.74) is 3.34. The number of fused-ring (bicyclic) bond motifs is 1. The van der Waals surface area contributed by atoms with Gasteiger partial charge in [0.25, 0.3) is 5.91 Å². The molecular weight excluding hydrogens is 559 g/mol. The van der Waals surface area contributed by atoms with E-state index in [9.17, 15) is 18.8 Å². The molecule has 4 aromatic rings. The van der Waals surface area contributed by atoms with Gasteiger partial charge in [-0.25, -0.2) is 9.07 Å². The van der Waals surface area contributed by atoms with Crippen LogP contribution in [0, 0.1) is 5.82 Å². The average Bonchev–Trinajstić information content (AvgIpc) is 3.12. The fourth-order valence-corrected chi connectivity index (χ4v) is 3.91. The number of carbonyl (C=O) groups is 3. The number of benzene rings is 3. The van der Waals surface area contributed by atoms with Gasteiger partial charge in [0, 0.05) is 20.0 Å². The minimum atomic E-state index is -0.990. The van der Waals surface area contributed by atoms with Gasteiger partial charge >= 0.3 is 11.8 Å². The Labute approximate surface area is 204 Å². The molecule has 1 heterocycles. The third-order valence-corrected chi connectivity index (χ3v) is 5.61. The molecule has 7 nitrogen and oxygen atoms in total. The molecule has 0 saturated heterocycles. The van der Waals surface area contributed by atoms with Crippen molar-refractivity contribution in [2.45, 2.75) is 0 Å². The van der Waals surface area contributed by atoms with Crippen molar-refractivity contribution in [1.29, 1.82) is 0 Å². The number of halogens is 3. The van der Waals surface area contributed by atoms with Crippen LogP contribution in [-0.4, -0.2) is 22.4 Å². The Kier molecular flexibility index (Phi) is 6.57. The summed E-state index contributed by atoms with van der Waals surface area (Å²) < 4.78 is 16.7. The summed E-state index contributed by atoms with van der Waals surface area (Å²) in [5.74, 6) is -3.18. The molecule has 10 heteroatoms. The second-order valence-electron chi connectivity index (χ2n) is 6.91. The molecular formula is C23H15Br2FN4O3. The van der Waals surface area contributed by atoms with Gasteiger partial charge in [0.1, 0.15) is 11.5 Å². The van der Waals surface area contributed by atoms with Crippen LogP contribution < -0.4 is 16.1 Å². The number of carbonyl (C=O) groups excluding carboxylic acids is 3. The van der Waals surface area contributed by atoms with Gasteiger partial charge in [-0.15, -0.1) is 0 Å². The van der Waals surface area contributed by atoms with Crippen LogP contribution in [0.2, 0.25) is 0 Å². The Balaban J connectivity index is 1.64. The van der Waals surface area contributed by atoms with Crippen LogP contribution in [0.5, 0.6) is 0 Å². The topological polar surface area (TPSA) is 92.2 Å². The summed E-state index contributed by atoms with van der Waals surface area (Å²) in [6.45, 7) is 0. The highest BCUT2D eigenvalue weighted by molar-refractivity contribution is 9.10. The van der Waals surface area contributed by atoms with E-state index in [-0.39, 0.29) is 11.4 Å². The van der Waals surface area contributed by atoms with E-state index < -0.39 is 23.5 Å². The number of hydrogen-bond acceptors (Lipinski definition) is 3. The number of nitrogens with one attached hydrogen (secondary N) is 3. The zero-order valence-electron chi connectivity index (χ0n) is 16.7. The normalized spacial score (nSPS) is 10.6. The van der Waals surface area contributed by atoms with Crippen molar-refractivity contribution in [3.63, 3.8) is 0 Å². The highest BCUT2D eigenvalue weighted by Crippen LogP contribution is 2.24. The second kappa shape index (κ2) is 9.55. The minimum Gasteiger partial charge on any atom is -0.318 e. The number of nitrogens with zero attached hydrogens (tertiary/aromatic N) is 1. The molecule has 0 bridgehead atoms. The lowest BCUT2D eigenvalue weighted by Gasteiger charge is -2.13. The Hall–Kier alpha value is -3.50. The molecule has 0 spiro atoms. The van der Waals surface area contributed by atoms with Crippen molar-refractivity contribution in [3.05, 3.63) is 93.3 Å². The minimum absolute atomic E-state index is 0.00922. The van der Waals surface area contributed by atoms with Crippen LogP contribution in [0.1, 0.15) is 10.5 Å². The Morgan fingerprint density at radius 1 is 0.788 bits per heavy atom. The van der Waals surface area contributed by atoms with Gasteiger partial charge in [-0.05, 0) is 54.6 Å². The van der Waals surface area contributed by atoms with E-state index in [1.165, 1.54) is 28.9 Å². The number of aromatic nitrogens is 1. The SMILES string of the molecule is O=C(Nc1cccc(Br)c1)C(=O)Nn1c(C(=O)Nc2ccccc2F)cc2cc(Br)ccc21. The predicted molar refractivity (Wildman–Crippen MR) is 131 cm³/mol. The summed E-state index contributed by atoms with van der Waals surface area (Å²) >= 11 is 6.67. The molecule has 0 unspecified atom stereocenters. The zero-order chi connectivity index (χ0) is 23.5. The smallest absolute Gasteiger partial charge is 0.318 e. The van der Waals surface area contributed by atoms with Gasteiger partial charge in [-0.3, -0.25) is 19.8 Å². The first-order valence-corrected chi connectivity index (χ1v) is 11.2. The lowest BCUT2D eigenvalue weighted by atomic mass is 10.2. The molecule has 0 radical (unpaired) electrons. The summed E-state index contributed by atoms with van der Waals surface area (Å²) in [5, 5.41) is 5.60. The maximum absolute atomic E-state index is 14.0. The standard InChI is InChI=1S/C23H15Br2FN4O3/c24-14-4-3-5-16(12-14)27-22(32)23(33)29-30-19-9-8-15(25)10-13(19)11-20(30)21(31)28-18-7-2-1-6-17(18)26/h1-12H,(H,27,32)(H,28,31)(H,29,33). The fourth-order valence-electron chi connectivity index (χ4n) is 3.13. The van der Waals surface area contributed by atoms with Gasteiger partial charge in [0.15, 0.2) is 0 Å². The molecule has 4 rings (SSSR count). The molecule has 33 heavy (non-hydrogen) atoms. The maximum Gasteiger partial charge on any atom is 0.328 e. The van der Waals surface area contributed by atoms with E-state index in [1.54, 1.807) is 48.5 Å². The highest BCUT2D eigenvalue weighted by Gasteiger charge is 2.22. The van der Waals surface area contributed by atoms with Gasteiger partial charge in [-0.2, -0.15) is 0 Å². The second-order valence-corrected chi connectivity index (χ2v) is 8.74. The van der Waals surface area contributed by atoms with Crippen molar-refractivity contribution in [2.75, 3.05) is 16.1 Å². The van der Waals surface area contributed by atoms with Gasteiger partial charge < -0.3 is 10.6 Å². The van der Waals surface area contributed by atoms with Gasteiger partial charge in [-0.1, -0.05) is 50.1 Å². The van der Waals surface area contributed by atoms with E-state index in [1.807, 2.05) is 0 Å². The molecule has 0 aliphatic heterocycles. The van der Waals surface area contributed by atoms with Crippen LogP contribution in [0.25, 0.3) is 10.9 Å². The monoisotopic (exact) mass is 572 g/mol. The van der Waals surface area contributed by atoms with Crippen molar-refractivity contribution < 1.29 is 18.8 Å². The average molecular weight is 574 g/mol. The molecule has 0 aliphatic rings. The molecule has 0 saturated carbocycles. The largest absolute Gasteiger partial charge is 0.328 e. The molecule has 3 N–H and O–H groups in total. The van der Waals surface area contributed by atoms with Crippen molar-refractivity contribution in [3.8, 4) is 0 Å². The quantitative estimate of drug-likeness (QED) is 0.291. The molecule has 0 fully saturated rings. The summed E-state index contributed by atoms with van der Waals surface area (Å²) in [6, 6.07) is 19.2. The van der Waals surface area contributed by atoms with E-state index in [0.717, 1.165) is 8.95 Å². The third-order valence-electron chi connectivity index (χ3n) is 4.62. The lowest BCUT2D eigenvalue weighted by Crippen LogP contribution is -2.36. The van der Waals surface area contributed by atoms with E-state index in [4.69, 9.17) is 0 Å². The number of anilines is 2. The lowest BCUT2D eigenvalue weighted by molar-refractivity contribution is -0.133. The molecule has 1 aromatic heterocycles. The van der Waals surface area contributed by atoms with Crippen LogP contribution in [-0.2, 0) is 9.59 Å².